The van der Waals surface area contributed by atoms with E-state index in [-0.39, 0.29) is 17.3 Å². The highest BCUT2D eigenvalue weighted by molar-refractivity contribution is 7.20. The van der Waals surface area contributed by atoms with Gasteiger partial charge in [0.15, 0.2) is 6.29 Å². The smallest absolute Gasteiger partial charge is 0.160 e. The standard InChI is InChI=1S/C21H20O4S/c1-13(23)2-8-18-17-9-4-14(10-20(17)26-21(18)12-22)3-5-15-6-7-16(24)11-19(15)25/h4,6-7,9-12,24-25H,2-3,5,8H2,1H3. The Morgan fingerprint density at radius 3 is 2.58 bits per heavy atom. The predicted octanol–water partition coefficient (Wildman–Crippen LogP) is 4.43. The van der Waals surface area contributed by atoms with E-state index < -0.39 is 0 Å². The molecule has 0 aliphatic carbocycles. The number of phenolic OH excluding ortho intramolecular Hbond substituents is 2. The molecule has 0 atom stereocenters. The van der Waals surface area contributed by atoms with Crippen LogP contribution in [0.25, 0.3) is 10.1 Å². The first-order valence-corrected chi connectivity index (χ1v) is 9.29. The van der Waals surface area contributed by atoms with Gasteiger partial charge in [-0.3, -0.25) is 4.79 Å². The van der Waals surface area contributed by atoms with Gasteiger partial charge < -0.3 is 15.0 Å². The molecule has 26 heavy (non-hydrogen) atoms. The second-order valence-corrected chi connectivity index (χ2v) is 7.49. The molecule has 2 aromatic carbocycles. The van der Waals surface area contributed by atoms with Crippen molar-refractivity contribution in [1.82, 2.24) is 0 Å². The van der Waals surface area contributed by atoms with E-state index in [4.69, 9.17) is 0 Å². The molecule has 0 fully saturated rings. The average Bonchev–Trinajstić information content (AvgIpc) is 2.96. The van der Waals surface area contributed by atoms with Gasteiger partial charge in [0.25, 0.3) is 0 Å². The highest BCUT2D eigenvalue weighted by Gasteiger charge is 2.13. The number of phenols is 2. The Morgan fingerprint density at radius 2 is 1.88 bits per heavy atom. The van der Waals surface area contributed by atoms with Gasteiger partial charge >= 0.3 is 0 Å². The number of aromatic hydroxyl groups is 2. The third-order valence-electron chi connectivity index (χ3n) is 4.47. The molecule has 0 saturated carbocycles. The van der Waals surface area contributed by atoms with Crippen LogP contribution < -0.4 is 0 Å². The van der Waals surface area contributed by atoms with Gasteiger partial charge in [-0.15, -0.1) is 11.3 Å². The van der Waals surface area contributed by atoms with Gasteiger partial charge in [0, 0.05) is 17.2 Å². The average molecular weight is 368 g/mol. The highest BCUT2D eigenvalue weighted by atomic mass is 32.1. The van der Waals surface area contributed by atoms with E-state index in [1.54, 1.807) is 19.1 Å². The molecule has 0 aliphatic rings. The summed E-state index contributed by atoms with van der Waals surface area (Å²) in [6, 6.07) is 10.7. The molecule has 134 valence electrons. The highest BCUT2D eigenvalue weighted by Crippen LogP contribution is 2.33. The minimum atomic E-state index is 0.0470. The minimum absolute atomic E-state index is 0.0470. The van der Waals surface area contributed by atoms with Gasteiger partial charge in [-0.1, -0.05) is 18.2 Å². The summed E-state index contributed by atoms with van der Waals surface area (Å²) in [5, 5.41) is 20.3. The number of ketones is 1. The molecule has 0 unspecified atom stereocenters. The van der Waals surface area contributed by atoms with Crippen LogP contribution in [0.5, 0.6) is 11.5 Å². The van der Waals surface area contributed by atoms with Crippen molar-refractivity contribution in [2.75, 3.05) is 0 Å². The Morgan fingerprint density at radius 1 is 1.08 bits per heavy atom. The van der Waals surface area contributed by atoms with Crippen LogP contribution in [0.2, 0.25) is 0 Å². The van der Waals surface area contributed by atoms with Crippen molar-refractivity contribution in [1.29, 1.82) is 0 Å². The zero-order valence-electron chi connectivity index (χ0n) is 14.5. The molecule has 0 amide bonds. The molecule has 0 aliphatic heterocycles. The second-order valence-electron chi connectivity index (χ2n) is 6.41. The van der Waals surface area contributed by atoms with Gasteiger partial charge in [-0.25, -0.2) is 0 Å². The molecule has 2 N–H and O–H groups in total. The Labute approximate surface area is 155 Å². The third kappa shape index (κ3) is 3.94. The summed E-state index contributed by atoms with van der Waals surface area (Å²) in [7, 11) is 0. The van der Waals surface area contributed by atoms with Gasteiger partial charge in [-0.05, 0) is 60.4 Å². The summed E-state index contributed by atoms with van der Waals surface area (Å²) in [5.41, 5.74) is 2.85. The quantitative estimate of drug-likeness (QED) is 0.605. The molecule has 0 radical (unpaired) electrons. The van der Waals surface area contributed by atoms with Gasteiger partial charge in [-0.2, -0.15) is 0 Å². The van der Waals surface area contributed by atoms with Crippen molar-refractivity contribution in [3.63, 3.8) is 0 Å². The maximum Gasteiger partial charge on any atom is 0.160 e. The minimum Gasteiger partial charge on any atom is -0.508 e. The Hall–Kier alpha value is -2.66. The van der Waals surface area contributed by atoms with Crippen LogP contribution in [0.4, 0.5) is 0 Å². The SMILES string of the molecule is CC(=O)CCc1c(C=O)sc2cc(CCc3ccc(O)cc3O)ccc12. The van der Waals surface area contributed by atoms with Crippen molar-refractivity contribution in [3.05, 3.63) is 58.0 Å². The maximum absolute atomic E-state index is 11.4. The summed E-state index contributed by atoms with van der Waals surface area (Å²) < 4.78 is 1.04. The molecular weight excluding hydrogens is 348 g/mol. The van der Waals surface area contributed by atoms with Crippen LogP contribution in [0.3, 0.4) is 0 Å². The fraction of sp³-hybridized carbons (Fsp3) is 0.238. The number of carbonyl (C=O) groups excluding carboxylic acids is 2. The summed E-state index contributed by atoms with van der Waals surface area (Å²) in [6.45, 7) is 1.56. The van der Waals surface area contributed by atoms with Crippen LogP contribution in [-0.4, -0.2) is 22.3 Å². The lowest BCUT2D eigenvalue weighted by Gasteiger charge is -2.06. The van der Waals surface area contributed by atoms with Crippen LogP contribution in [0.15, 0.2) is 36.4 Å². The predicted molar refractivity (Wildman–Crippen MR) is 103 cm³/mol. The maximum atomic E-state index is 11.4. The number of fused-ring (bicyclic) bond motifs is 1. The molecule has 0 spiro atoms. The third-order valence-corrected chi connectivity index (χ3v) is 5.59. The zero-order chi connectivity index (χ0) is 18.7. The number of thiophene rings is 1. The van der Waals surface area contributed by atoms with Crippen LogP contribution in [-0.2, 0) is 24.1 Å². The second kappa shape index (κ2) is 7.70. The van der Waals surface area contributed by atoms with Crippen LogP contribution in [0.1, 0.15) is 39.7 Å². The van der Waals surface area contributed by atoms with E-state index in [0.717, 1.165) is 39.5 Å². The van der Waals surface area contributed by atoms with Gasteiger partial charge in [0.2, 0.25) is 0 Å². The largest absolute Gasteiger partial charge is 0.508 e. The molecule has 1 heterocycles. The fourth-order valence-electron chi connectivity index (χ4n) is 3.07. The van der Waals surface area contributed by atoms with Crippen LogP contribution in [0, 0.1) is 0 Å². The number of carbonyl (C=O) groups is 2. The Balaban J connectivity index is 1.82. The lowest BCUT2D eigenvalue weighted by molar-refractivity contribution is -0.116. The first kappa shape index (κ1) is 18.1. The number of benzene rings is 2. The van der Waals surface area contributed by atoms with E-state index in [9.17, 15) is 19.8 Å². The van der Waals surface area contributed by atoms with Crippen molar-refractivity contribution in [2.45, 2.75) is 32.6 Å². The molecule has 5 heteroatoms. The number of Topliss-reactive ketones (excluding diaryl/α,β-unsaturated/α-hetero) is 1. The lowest BCUT2D eigenvalue weighted by Crippen LogP contribution is -1.96. The molecule has 0 saturated heterocycles. The number of rotatable bonds is 7. The molecule has 0 bridgehead atoms. The van der Waals surface area contributed by atoms with E-state index in [1.807, 2.05) is 12.1 Å². The summed E-state index contributed by atoms with van der Waals surface area (Å²) in [5.74, 6) is 0.259. The molecule has 4 nitrogen and oxygen atoms in total. The monoisotopic (exact) mass is 368 g/mol. The normalized spacial score (nSPS) is 11.0. The summed E-state index contributed by atoms with van der Waals surface area (Å²) >= 11 is 1.45. The van der Waals surface area contributed by atoms with Crippen molar-refractivity contribution >= 4 is 33.5 Å². The number of aldehydes is 1. The molecule has 1 aromatic heterocycles. The Kier molecular flexibility index (Phi) is 5.38. The topological polar surface area (TPSA) is 74.6 Å². The zero-order valence-corrected chi connectivity index (χ0v) is 15.3. The number of hydrogen-bond donors (Lipinski definition) is 2. The molecule has 3 rings (SSSR count). The molecular formula is C21H20O4S. The summed E-state index contributed by atoms with van der Waals surface area (Å²) in [6.07, 6.45) is 3.29. The first-order valence-electron chi connectivity index (χ1n) is 8.47. The van der Waals surface area contributed by atoms with E-state index in [2.05, 4.69) is 6.07 Å². The van der Waals surface area contributed by atoms with Crippen LogP contribution >= 0.6 is 11.3 Å². The number of aryl methyl sites for hydroxylation is 3. The van der Waals surface area contributed by atoms with Crippen molar-refractivity contribution < 1.29 is 19.8 Å². The van der Waals surface area contributed by atoms with Gasteiger partial charge in [0.1, 0.15) is 17.3 Å². The number of hydrogen-bond acceptors (Lipinski definition) is 5. The van der Waals surface area contributed by atoms with Gasteiger partial charge in [0.05, 0.1) is 4.88 Å². The summed E-state index contributed by atoms with van der Waals surface area (Å²) in [4.78, 5) is 23.3. The van der Waals surface area contributed by atoms with E-state index in [0.29, 0.717) is 24.1 Å². The van der Waals surface area contributed by atoms with E-state index in [1.165, 1.54) is 17.4 Å². The molecule has 3 aromatic rings. The Bertz CT molecular complexity index is 972. The fourth-order valence-corrected chi connectivity index (χ4v) is 4.20. The van der Waals surface area contributed by atoms with Crippen molar-refractivity contribution in [2.24, 2.45) is 0 Å². The van der Waals surface area contributed by atoms with Crippen molar-refractivity contribution in [3.8, 4) is 11.5 Å². The van der Waals surface area contributed by atoms with E-state index >= 15 is 0 Å². The lowest BCUT2D eigenvalue weighted by atomic mass is 10.00. The first-order chi connectivity index (χ1) is 12.5.